The van der Waals surface area contributed by atoms with Gasteiger partial charge in [0.2, 0.25) is 5.91 Å². The number of benzene rings is 1. The first-order valence-electron chi connectivity index (χ1n) is 5.54. The van der Waals surface area contributed by atoms with Crippen LogP contribution in [0.4, 0.5) is 5.69 Å². The fourth-order valence-electron chi connectivity index (χ4n) is 2.11. The molecule has 2 fully saturated rings. The third-order valence-electron chi connectivity index (χ3n) is 3.31. The van der Waals surface area contributed by atoms with Gasteiger partial charge in [-0.05, 0) is 37.1 Å². The van der Waals surface area contributed by atoms with Crippen LogP contribution in [0.25, 0.3) is 0 Å². The van der Waals surface area contributed by atoms with Crippen LogP contribution >= 0.6 is 0 Å². The number of rotatable bonds is 2. The molecule has 1 saturated heterocycles. The minimum atomic E-state index is -0.962. The van der Waals surface area contributed by atoms with Gasteiger partial charge in [-0.25, -0.2) is 15.2 Å². The van der Waals surface area contributed by atoms with Crippen molar-refractivity contribution in [2.45, 2.75) is 24.8 Å². The van der Waals surface area contributed by atoms with Gasteiger partial charge in [0, 0.05) is 12.0 Å². The number of carboxylic acid groups (broad SMARTS) is 1. The summed E-state index contributed by atoms with van der Waals surface area (Å²) in [6.07, 6.45) is 2.60. The number of hydrogen-bond donors (Lipinski definition) is 2. The summed E-state index contributed by atoms with van der Waals surface area (Å²) >= 11 is 0. The molecule has 1 saturated carbocycles. The molecule has 0 aromatic heterocycles. The second kappa shape index (κ2) is 3.30. The van der Waals surface area contributed by atoms with Gasteiger partial charge in [-0.3, -0.25) is 4.79 Å². The lowest BCUT2D eigenvalue weighted by Crippen LogP contribution is -2.38. The van der Waals surface area contributed by atoms with Crippen LogP contribution in [0.1, 0.15) is 29.6 Å². The molecule has 1 aliphatic heterocycles. The van der Waals surface area contributed by atoms with Gasteiger partial charge in [-0.1, -0.05) is 0 Å². The highest BCUT2D eigenvalue weighted by molar-refractivity contribution is 5.96. The van der Waals surface area contributed by atoms with Crippen LogP contribution in [0.5, 0.6) is 0 Å². The second-order valence-electron chi connectivity index (χ2n) is 4.65. The summed E-state index contributed by atoms with van der Waals surface area (Å²) in [6.45, 7) is 0. The Labute approximate surface area is 98.0 Å². The average Bonchev–Trinajstić information content (AvgIpc) is 2.97. The number of hydrogen-bond acceptors (Lipinski definition) is 3. The number of anilines is 1. The molecule has 0 unspecified atom stereocenters. The predicted molar refractivity (Wildman–Crippen MR) is 60.6 cm³/mol. The standard InChI is InChI=1S/C12H12N2O3/c15-10-7-12(5-6-12)13-14(10)9-3-1-8(2-4-9)11(16)17/h1-4,13H,5-7H2,(H,16,17). The molecule has 2 aliphatic rings. The van der Waals surface area contributed by atoms with E-state index in [9.17, 15) is 9.59 Å². The van der Waals surface area contributed by atoms with E-state index >= 15 is 0 Å². The summed E-state index contributed by atoms with van der Waals surface area (Å²) in [5.74, 6) is -0.915. The maximum atomic E-state index is 11.8. The highest BCUT2D eigenvalue weighted by atomic mass is 16.4. The van der Waals surface area contributed by atoms with E-state index in [1.165, 1.54) is 17.1 Å². The van der Waals surface area contributed by atoms with E-state index in [-0.39, 0.29) is 17.0 Å². The Kier molecular flexibility index (Phi) is 2.00. The van der Waals surface area contributed by atoms with Gasteiger partial charge in [0.05, 0.1) is 11.3 Å². The van der Waals surface area contributed by atoms with Crippen molar-refractivity contribution in [2.24, 2.45) is 0 Å². The van der Waals surface area contributed by atoms with Crippen molar-refractivity contribution in [1.82, 2.24) is 5.43 Å². The number of aromatic carboxylic acids is 1. The molecule has 1 aromatic rings. The van der Waals surface area contributed by atoms with Crippen LogP contribution in [0, 0.1) is 0 Å². The zero-order valence-electron chi connectivity index (χ0n) is 9.14. The normalized spacial score (nSPS) is 20.9. The van der Waals surface area contributed by atoms with Gasteiger partial charge in [0.25, 0.3) is 0 Å². The number of nitrogens with one attached hydrogen (secondary N) is 1. The minimum Gasteiger partial charge on any atom is -0.478 e. The van der Waals surface area contributed by atoms with Crippen LogP contribution in [-0.4, -0.2) is 22.5 Å². The Hall–Kier alpha value is -1.88. The fourth-order valence-corrected chi connectivity index (χ4v) is 2.11. The van der Waals surface area contributed by atoms with Crippen LogP contribution in [0.15, 0.2) is 24.3 Å². The maximum absolute atomic E-state index is 11.8. The van der Waals surface area contributed by atoms with Crippen molar-refractivity contribution in [3.05, 3.63) is 29.8 Å². The quantitative estimate of drug-likeness (QED) is 0.802. The lowest BCUT2D eigenvalue weighted by molar-refractivity contribution is -0.117. The largest absolute Gasteiger partial charge is 0.478 e. The molecule has 17 heavy (non-hydrogen) atoms. The molecule has 0 bridgehead atoms. The number of nitrogens with zero attached hydrogens (tertiary/aromatic N) is 1. The summed E-state index contributed by atoms with van der Waals surface area (Å²) in [4.78, 5) is 22.5. The molecule has 1 amide bonds. The zero-order chi connectivity index (χ0) is 12.0. The van der Waals surface area contributed by atoms with Crippen molar-refractivity contribution < 1.29 is 14.7 Å². The van der Waals surface area contributed by atoms with Gasteiger partial charge in [0.1, 0.15) is 0 Å². The Bertz CT molecular complexity index is 491. The molecule has 1 aliphatic carbocycles. The highest BCUT2D eigenvalue weighted by Crippen LogP contribution is 2.43. The van der Waals surface area contributed by atoms with Crippen molar-refractivity contribution in [1.29, 1.82) is 0 Å². The predicted octanol–water partition coefficient (Wildman–Crippen LogP) is 1.16. The molecule has 5 nitrogen and oxygen atoms in total. The van der Waals surface area contributed by atoms with E-state index < -0.39 is 5.97 Å². The summed E-state index contributed by atoms with van der Waals surface area (Å²) < 4.78 is 0. The van der Waals surface area contributed by atoms with E-state index in [1.807, 2.05) is 0 Å². The molecule has 1 spiro atoms. The molecule has 3 rings (SSSR count). The number of carbonyl (C=O) groups is 2. The molecule has 1 aromatic carbocycles. The van der Waals surface area contributed by atoms with Crippen molar-refractivity contribution in [2.75, 3.05) is 5.01 Å². The molecule has 2 N–H and O–H groups in total. The third kappa shape index (κ3) is 1.68. The SMILES string of the molecule is O=C(O)c1ccc(N2NC3(CC3)CC2=O)cc1. The number of amides is 1. The molecule has 88 valence electrons. The van der Waals surface area contributed by atoms with Crippen molar-refractivity contribution in [3.8, 4) is 0 Å². The van der Waals surface area contributed by atoms with Crippen molar-refractivity contribution >= 4 is 17.6 Å². The van der Waals surface area contributed by atoms with Gasteiger partial charge in [-0.15, -0.1) is 0 Å². The minimum absolute atomic E-state index is 0.0114. The van der Waals surface area contributed by atoms with E-state index in [2.05, 4.69) is 5.43 Å². The van der Waals surface area contributed by atoms with Crippen LogP contribution in [0.2, 0.25) is 0 Å². The number of carbonyl (C=O) groups excluding carboxylic acids is 1. The van der Waals surface area contributed by atoms with Gasteiger partial charge >= 0.3 is 5.97 Å². The monoisotopic (exact) mass is 232 g/mol. The number of hydrazine groups is 1. The smallest absolute Gasteiger partial charge is 0.335 e. The highest BCUT2D eigenvalue weighted by Gasteiger charge is 2.52. The first-order chi connectivity index (χ1) is 8.10. The van der Waals surface area contributed by atoms with E-state index in [4.69, 9.17) is 5.11 Å². The molecule has 5 heteroatoms. The molecule has 1 heterocycles. The lowest BCUT2D eigenvalue weighted by Gasteiger charge is -2.17. The summed E-state index contributed by atoms with van der Waals surface area (Å²) in [7, 11) is 0. The Balaban J connectivity index is 1.84. The average molecular weight is 232 g/mol. The number of carboxylic acids is 1. The summed E-state index contributed by atoms with van der Waals surface area (Å²) in [6, 6.07) is 6.31. The first kappa shape index (κ1) is 10.3. The Morgan fingerprint density at radius 2 is 1.94 bits per heavy atom. The van der Waals surface area contributed by atoms with E-state index in [1.54, 1.807) is 12.1 Å². The molecular formula is C12H12N2O3. The van der Waals surface area contributed by atoms with Gasteiger partial charge < -0.3 is 5.11 Å². The summed E-state index contributed by atoms with van der Waals surface area (Å²) in [5, 5.41) is 10.3. The maximum Gasteiger partial charge on any atom is 0.335 e. The van der Waals surface area contributed by atoms with Crippen LogP contribution in [0.3, 0.4) is 0 Å². The third-order valence-corrected chi connectivity index (χ3v) is 3.31. The van der Waals surface area contributed by atoms with E-state index in [0.29, 0.717) is 12.1 Å². The van der Waals surface area contributed by atoms with Crippen molar-refractivity contribution in [3.63, 3.8) is 0 Å². The zero-order valence-corrected chi connectivity index (χ0v) is 9.14. The van der Waals surface area contributed by atoms with Crippen LogP contribution in [-0.2, 0) is 4.79 Å². The van der Waals surface area contributed by atoms with E-state index in [0.717, 1.165) is 12.8 Å². The lowest BCUT2D eigenvalue weighted by atomic mass is 10.2. The Morgan fingerprint density at radius 1 is 1.29 bits per heavy atom. The first-order valence-corrected chi connectivity index (χ1v) is 5.54. The second-order valence-corrected chi connectivity index (χ2v) is 4.65. The summed E-state index contributed by atoms with van der Waals surface area (Å²) in [5.41, 5.74) is 4.10. The molecule has 0 radical (unpaired) electrons. The molecular weight excluding hydrogens is 220 g/mol. The van der Waals surface area contributed by atoms with Gasteiger partial charge in [0.15, 0.2) is 0 Å². The van der Waals surface area contributed by atoms with Gasteiger partial charge in [-0.2, -0.15) is 0 Å². The fraction of sp³-hybridized carbons (Fsp3) is 0.333. The topological polar surface area (TPSA) is 69.6 Å². The van der Waals surface area contributed by atoms with Crippen LogP contribution < -0.4 is 10.4 Å². The Morgan fingerprint density at radius 3 is 2.41 bits per heavy atom. The molecule has 0 atom stereocenters.